The van der Waals surface area contributed by atoms with Crippen LogP contribution >= 0.6 is 0 Å². The molecule has 0 saturated heterocycles. The van der Waals surface area contributed by atoms with Crippen LogP contribution in [-0.4, -0.2) is 31.5 Å². The first-order valence-electron chi connectivity index (χ1n) is 7.11. The summed E-state index contributed by atoms with van der Waals surface area (Å²) >= 11 is 0. The third-order valence-corrected chi connectivity index (χ3v) is 3.47. The van der Waals surface area contributed by atoms with E-state index >= 15 is 0 Å². The van der Waals surface area contributed by atoms with Gasteiger partial charge in [-0.2, -0.15) is 0 Å². The maximum absolute atomic E-state index is 10.3. The molecular formula is C18H22N2O. The highest BCUT2D eigenvalue weighted by atomic mass is 16.3. The second-order valence-electron chi connectivity index (χ2n) is 5.36. The van der Waals surface area contributed by atoms with Gasteiger partial charge in [0.15, 0.2) is 0 Å². The summed E-state index contributed by atoms with van der Waals surface area (Å²) in [6.07, 6.45) is 1.24. The van der Waals surface area contributed by atoms with E-state index in [1.54, 1.807) is 0 Å². The average molecular weight is 282 g/mol. The Labute approximate surface area is 126 Å². The van der Waals surface area contributed by atoms with Gasteiger partial charge in [0, 0.05) is 26.0 Å². The van der Waals surface area contributed by atoms with Gasteiger partial charge < -0.3 is 10.0 Å². The Morgan fingerprint density at radius 3 is 2.19 bits per heavy atom. The SMILES string of the molecule is C[C@@H](N=Cc1ccc(N(C)C)cc1)[C@H](O)c1ccccc1. The summed E-state index contributed by atoms with van der Waals surface area (Å²) in [5.74, 6) is 0. The fraction of sp³-hybridized carbons (Fsp3) is 0.278. The molecule has 0 aliphatic heterocycles. The van der Waals surface area contributed by atoms with Crippen LogP contribution in [0.25, 0.3) is 0 Å². The summed E-state index contributed by atoms with van der Waals surface area (Å²) in [5, 5.41) is 10.3. The van der Waals surface area contributed by atoms with Crippen molar-refractivity contribution < 1.29 is 5.11 Å². The van der Waals surface area contributed by atoms with Crippen LogP contribution in [0.5, 0.6) is 0 Å². The van der Waals surface area contributed by atoms with Gasteiger partial charge >= 0.3 is 0 Å². The summed E-state index contributed by atoms with van der Waals surface area (Å²) in [5.41, 5.74) is 3.09. The van der Waals surface area contributed by atoms with Crippen molar-refractivity contribution in [3.05, 3.63) is 65.7 Å². The normalized spacial score (nSPS) is 14.1. The number of rotatable bonds is 5. The fourth-order valence-corrected chi connectivity index (χ4v) is 2.07. The van der Waals surface area contributed by atoms with E-state index in [0.717, 1.165) is 16.8 Å². The van der Waals surface area contributed by atoms with Crippen LogP contribution in [0, 0.1) is 0 Å². The molecule has 110 valence electrons. The highest BCUT2D eigenvalue weighted by molar-refractivity contribution is 5.80. The number of hydrogen-bond acceptors (Lipinski definition) is 3. The topological polar surface area (TPSA) is 35.8 Å². The summed E-state index contributed by atoms with van der Waals surface area (Å²) in [7, 11) is 4.03. The number of aliphatic hydroxyl groups excluding tert-OH is 1. The molecule has 0 radical (unpaired) electrons. The molecule has 0 bridgehead atoms. The molecule has 0 aliphatic rings. The average Bonchev–Trinajstić information content (AvgIpc) is 2.53. The Balaban J connectivity index is 2.03. The Kier molecular flexibility index (Phi) is 5.12. The van der Waals surface area contributed by atoms with Gasteiger partial charge in [0.25, 0.3) is 0 Å². The van der Waals surface area contributed by atoms with Gasteiger partial charge in [-0.25, -0.2) is 0 Å². The van der Waals surface area contributed by atoms with E-state index in [1.165, 1.54) is 0 Å². The van der Waals surface area contributed by atoms with E-state index in [1.807, 2.05) is 69.7 Å². The first-order chi connectivity index (χ1) is 10.1. The standard InChI is InChI=1S/C18H22N2O/c1-14(18(21)16-7-5-4-6-8-16)19-13-15-9-11-17(12-10-15)20(2)3/h4-14,18,21H,1-3H3/t14-,18+/m1/s1. The molecule has 2 aromatic rings. The molecule has 0 unspecified atom stereocenters. The van der Waals surface area contributed by atoms with Crippen LogP contribution in [0.3, 0.4) is 0 Å². The summed E-state index contributed by atoms with van der Waals surface area (Å²) < 4.78 is 0. The van der Waals surface area contributed by atoms with Crippen molar-refractivity contribution in [3.8, 4) is 0 Å². The predicted octanol–water partition coefficient (Wildman–Crippen LogP) is 3.29. The van der Waals surface area contributed by atoms with Gasteiger partial charge in [-0.1, -0.05) is 42.5 Å². The van der Waals surface area contributed by atoms with E-state index in [9.17, 15) is 5.11 Å². The monoisotopic (exact) mass is 282 g/mol. The van der Waals surface area contributed by atoms with Gasteiger partial charge in [0.1, 0.15) is 6.10 Å². The van der Waals surface area contributed by atoms with E-state index in [2.05, 4.69) is 22.0 Å². The van der Waals surface area contributed by atoms with Crippen LogP contribution < -0.4 is 4.90 Å². The number of benzene rings is 2. The third kappa shape index (κ3) is 4.17. The van der Waals surface area contributed by atoms with Crippen LogP contribution in [0.1, 0.15) is 24.2 Å². The smallest absolute Gasteiger partial charge is 0.101 e. The zero-order valence-electron chi connectivity index (χ0n) is 12.8. The zero-order valence-corrected chi connectivity index (χ0v) is 12.8. The van der Waals surface area contributed by atoms with E-state index in [-0.39, 0.29) is 6.04 Å². The molecule has 0 spiro atoms. The van der Waals surface area contributed by atoms with Gasteiger partial charge in [-0.05, 0) is 30.2 Å². The van der Waals surface area contributed by atoms with Crippen molar-refractivity contribution in [2.45, 2.75) is 19.1 Å². The minimum Gasteiger partial charge on any atom is -0.386 e. The molecule has 0 saturated carbocycles. The molecule has 0 heterocycles. The van der Waals surface area contributed by atoms with Crippen LogP contribution in [-0.2, 0) is 0 Å². The molecule has 21 heavy (non-hydrogen) atoms. The first kappa shape index (κ1) is 15.3. The second kappa shape index (κ2) is 7.04. The van der Waals surface area contributed by atoms with Gasteiger partial charge in [0.2, 0.25) is 0 Å². The van der Waals surface area contributed by atoms with Crippen molar-refractivity contribution >= 4 is 11.9 Å². The molecule has 0 fully saturated rings. The molecule has 2 rings (SSSR count). The maximum atomic E-state index is 10.3. The highest BCUT2D eigenvalue weighted by Crippen LogP contribution is 2.18. The van der Waals surface area contributed by atoms with Gasteiger partial charge in [-0.3, -0.25) is 4.99 Å². The quantitative estimate of drug-likeness (QED) is 0.854. The molecule has 2 atom stereocenters. The molecule has 2 aromatic carbocycles. The zero-order chi connectivity index (χ0) is 15.2. The predicted molar refractivity (Wildman–Crippen MR) is 89.2 cm³/mol. The Morgan fingerprint density at radius 1 is 1.00 bits per heavy atom. The lowest BCUT2D eigenvalue weighted by Gasteiger charge is -2.15. The van der Waals surface area contributed by atoms with Crippen LogP contribution in [0.15, 0.2) is 59.6 Å². The van der Waals surface area contributed by atoms with Gasteiger partial charge in [0.05, 0.1) is 6.04 Å². The minimum atomic E-state index is -0.580. The maximum Gasteiger partial charge on any atom is 0.101 e. The van der Waals surface area contributed by atoms with Crippen molar-refractivity contribution in [1.82, 2.24) is 0 Å². The number of hydrogen-bond donors (Lipinski definition) is 1. The fourth-order valence-electron chi connectivity index (χ4n) is 2.07. The Bertz CT molecular complexity index is 576. The lowest BCUT2D eigenvalue weighted by atomic mass is 10.0. The molecule has 3 nitrogen and oxygen atoms in total. The number of aliphatic hydroxyl groups is 1. The molecule has 0 aromatic heterocycles. The Morgan fingerprint density at radius 2 is 1.62 bits per heavy atom. The number of anilines is 1. The highest BCUT2D eigenvalue weighted by Gasteiger charge is 2.14. The lowest BCUT2D eigenvalue weighted by Crippen LogP contribution is -2.12. The van der Waals surface area contributed by atoms with Crippen molar-refractivity contribution in [1.29, 1.82) is 0 Å². The molecule has 1 N–H and O–H groups in total. The second-order valence-corrected chi connectivity index (χ2v) is 5.36. The molecule has 0 aliphatic carbocycles. The van der Waals surface area contributed by atoms with Crippen LogP contribution in [0.4, 0.5) is 5.69 Å². The van der Waals surface area contributed by atoms with E-state index < -0.39 is 6.10 Å². The number of aliphatic imine (C=N–C) groups is 1. The number of nitrogens with zero attached hydrogens (tertiary/aromatic N) is 2. The minimum absolute atomic E-state index is 0.180. The molecule has 0 amide bonds. The summed E-state index contributed by atoms with van der Waals surface area (Å²) in [4.78, 5) is 6.51. The van der Waals surface area contributed by atoms with E-state index in [0.29, 0.717) is 0 Å². The summed E-state index contributed by atoms with van der Waals surface area (Å²) in [6.45, 7) is 1.92. The molecular weight excluding hydrogens is 260 g/mol. The van der Waals surface area contributed by atoms with Crippen molar-refractivity contribution in [3.63, 3.8) is 0 Å². The van der Waals surface area contributed by atoms with E-state index in [4.69, 9.17) is 0 Å². The van der Waals surface area contributed by atoms with Crippen LogP contribution in [0.2, 0.25) is 0 Å². The van der Waals surface area contributed by atoms with Gasteiger partial charge in [-0.15, -0.1) is 0 Å². The van der Waals surface area contributed by atoms with Crippen molar-refractivity contribution in [2.24, 2.45) is 4.99 Å². The largest absolute Gasteiger partial charge is 0.386 e. The third-order valence-electron chi connectivity index (χ3n) is 3.47. The molecule has 3 heteroatoms. The summed E-state index contributed by atoms with van der Waals surface area (Å²) in [6, 6.07) is 17.6. The lowest BCUT2D eigenvalue weighted by molar-refractivity contribution is 0.154. The first-order valence-corrected chi connectivity index (χ1v) is 7.11. The Hall–Kier alpha value is -2.13. The van der Waals surface area contributed by atoms with Crippen molar-refractivity contribution in [2.75, 3.05) is 19.0 Å².